The molecule has 0 saturated carbocycles. The molecule has 0 aliphatic carbocycles. The molecule has 0 atom stereocenters. The normalized spacial score (nSPS) is 16.8. The average molecular weight is 340 g/mol. The largest absolute Gasteiger partial charge is 0.433 e. The molecule has 1 aliphatic heterocycles. The summed E-state index contributed by atoms with van der Waals surface area (Å²) < 4.78 is 43.6. The maximum Gasteiger partial charge on any atom is 0.433 e. The lowest BCUT2D eigenvalue weighted by atomic mass is 9.96. The third-order valence-electron chi connectivity index (χ3n) is 4.16. The minimum absolute atomic E-state index is 0.170. The van der Waals surface area contributed by atoms with E-state index in [9.17, 15) is 13.2 Å². The first-order valence-corrected chi connectivity index (χ1v) is 7.97. The zero-order chi connectivity index (χ0) is 17.3. The highest BCUT2D eigenvalue weighted by Crippen LogP contribution is 2.32. The van der Waals surface area contributed by atoms with Crippen LogP contribution in [0, 0.1) is 0 Å². The number of aromatic nitrogens is 3. The van der Waals surface area contributed by atoms with Crippen molar-refractivity contribution in [2.75, 3.05) is 18.0 Å². The SMILES string of the molecule is CC(C)c1nc(C2CCN(c3cccc(C(F)(F)F)n3)CC2)no1. The Morgan fingerprint density at radius 1 is 1.17 bits per heavy atom. The lowest BCUT2D eigenvalue weighted by molar-refractivity contribution is -0.141. The van der Waals surface area contributed by atoms with Gasteiger partial charge < -0.3 is 9.42 Å². The van der Waals surface area contributed by atoms with Crippen LogP contribution < -0.4 is 4.90 Å². The molecule has 0 radical (unpaired) electrons. The van der Waals surface area contributed by atoms with Gasteiger partial charge in [-0.1, -0.05) is 25.1 Å². The Kier molecular flexibility index (Phi) is 4.47. The second kappa shape index (κ2) is 6.41. The quantitative estimate of drug-likeness (QED) is 0.845. The highest BCUT2D eigenvalue weighted by molar-refractivity contribution is 5.40. The molecule has 0 bridgehead atoms. The molecule has 130 valence electrons. The number of pyridine rings is 1. The lowest BCUT2D eigenvalue weighted by Crippen LogP contribution is -2.34. The molecule has 0 spiro atoms. The van der Waals surface area contributed by atoms with Crippen molar-refractivity contribution in [1.29, 1.82) is 0 Å². The summed E-state index contributed by atoms with van der Waals surface area (Å²) in [6.07, 6.45) is -2.91. The van der Waals surface area contributed by atoms with Crippen molar-refractivity contribution in [3.63, 3.8) is 0 Å². The zero-order valence-electron chi connectivity index (χ0n) is 13.5. The van der Waals surface area contributed by atoms with Crippen molar-refractivity contribution in [2.24, 2.45) is 0 Å². The number of alkyl halides is 3. The number of rotatable bonds is 3. The summed E-state index contributed by atoms with van der Waals surface area (Å²) in [6, 6.07) is 4.00. The van der Waals surface area contributed by atoms with Gasteiger partial charge in [0.1, 0.15) is 11.5 Å². The van der Waals surface area contributed by atoms with E-state index >= 15 is 0 Å². The van der Waals surface area contributed by atoms with E-state index in [4.69, 9.17) is 4.52 Å². The molecule has 1 aliphatic rings. The van der Waals surface area contributed by atoms with Crippen LogP contribution in [0.15, 0.2) is 22.7 Å². The standard InChI is InChI=1S/C16H19F3N4O/c1-10(2)15-21-14(22-24-15)11-6-8-23(9-7-11)13-5-3-4-12(20-13)16(17,18)19/h3-5,10-11H,6-9H2,1-2H3. The topological polar surface area (TPSA) is 55.1 Å². The van der Waals surface area contributed by atoms with Crippen LogP contribution in [0.4, 0.5) is 19.0 Å². The van der Waals surface area contributed by atoms with Gasteiger partial charge in [0.05, 0.1) is 0 Å². The van der Waals surface area contributed by atoms with E-state index in [-0.39, 0.29) is 11.8 Å². The van der Waals surface area contributed by atoms with Crippen LogP contribution in [0.1, 0.15) is 55.9 Å². The molecule has 0 aromatic carbocycles. The van der Waals surface area contributed by atoms with Crippen LogP contribution in [0.25, 0.3) is 0 Å². The van der Waals surface area contributed by atoms with Gasteiger partial charge in [0, 0.05) is 24.9 Å². The second-order valence-electron chi connectivity index (χ2n) is 6.29. The molecule has 0 amide bonds. The molecule has 24 heavy (non-hydrogen) atoms. The summed E-state index contributed by atoms with van der Waals surface area (Å²) >= 11 is 0. The van der Waals surface area contributed by atoms with Gasteiger partial charge in [0.25, 0.3) is 0 Å². The minimum atomic E-state index is -4.42. The Balaban J connectivity index is 1.66. The molecule has 1 fully saturated rings. The monoisotopic (exact) mass is 340 g/mol. The van der Waals surface area contributed by atoms with Crippen molar-refractivity contribution in [3.05, 3.63) is 35.6 Å². The average Bonchev–Trinajstić information content (AvgIpc) is 3.05. The van der Waals surface area contributed by atoms with Crippen molar-refractivity contribution in [2.45, 2.75) is 44.7 Å². The van der Waals surface area contributed by atoms with Gasteiger partial charge in [0.2, 0.25) is 5.89 Å². The van der Waals surface area contributed by atoms with Crippen molar-refractivity contribution in [3.8, 4) is 0 Å². The van der Waals surface area contributed by atoms with E-state index in [1.165, 1.54) is 6.07 Å². The van der Waals surface area contributed by atoms with Gasteiger partial charge >= 0.3 is 6.18 Å². The minimum Gasteiger partial charge on any atom is -0.357 e. The number of nitrogens with zero attached hydrogens (tertiary/aromatic N) is 4. The summed E-state index contributed by atoms with van der Waals surface area (Å²) in [4.78, 5) is 10.0. The molecule has 2 aromatic rings. The van der Waals surface area contributed by atoms with E-state index in [2.05, 4.69) is 15.1 Å². The van der Waals surface area contributed by atoms with E-state index < -0.39 is 11.9 Å². The van der Waals surface area contributed by atoms with Crippen molar-refractivity contribution >= 4 is 5.82 Å². The molecule has 8 heteroatoms. The molecule has 2 aromatic heterocycles. The molecular formula is C16H19F3N4O. The molecule has 5 nitrogen and oxygen atoms in total. The van der Waals surface area contributed by atoms with E-state index in [1.54, 1.807) is 6.07 Å². The van der Waals surface area contributed by atoms with Crippen LogP contribution >= 0.6 is 0 Å². The lowest BCUT2D eigenvalue weighted by Gasteiger charge is -2.31. The van der Waals surface area contributed by atoms with E-state index in [0.717, 1.165) is 18.9 Å². The van der Waals surface area contributed by atoms with Gasteiger partial charge in [0.15, 0.2) is 5.82 Å². The molecule has 1 saturated heterocycles. The fourth-order valence-electron chi connectivity index (χ4n) is 2.77. The fraction of sp³-hybridized carbons (Fsp3) is 0.562. The third-order valence-corrected chi connectivity index (χ3v) is 4.16. The highest BCUT2D eigenvalue weighted by atomic mass is 19.4. The fourth-order valence-corrected chi connectivity index (χ4v) is 2.77. The molecule has 0 unspecified atom stereocenters. The summed E-state index contributed by atoms with van der Waals surface area (Å²) in [5.74, 6) is 2.02. The predicted octanol–water partition coefficient (Wildman–Crippen LogP) is 3.99. The maximum atomic E-state index is 12.8. The highest BCUT2D eigenvalue weighted by Gasteiger charge is 2.33. The first-order valence-electron chi connectivity index (χ1n) is 7.97. The summed E-state index contributed by atoms with van der Waals surface area (Å²) in [7, 11) is 0. The van der Waals surface area contributed by atoms with Crippen molar-refractivity contribution < 1.29 is 17.7 Å². The van der Waals surface area contributed by atoms with E-state index in [0.29, 0.717) is 30.6 Å². The first-order chi connectivity index (χ1) is 11.3. The van der Waals surface area contributed by atoms with Gasteiger partial charge in [-0.25, -0.2) is 4.98 Å². The Bertz CT molecular complexity index is 691. The number of piperidine rings is 1. The Labute approximate surface area is 137 Å². The molecule has 3 rings (SSSR count). The van der Waals surface area contributed by atoms with Crippen LogP contribution in [-0.2, 0) is 6.18 Å². The van der Waals surface area contributed by atoms with E-state index in [1.807, 2.05) is 18.7 Å². The van der Waals surface area contributed by atoms with Crippen LogP contribution in [-0.4, -0.2) is 28.2 Å². The Morgan fingerprint density at radius 3 is 2.46 bits per heavy atom. The van der Waals surface area contributed by atoms with Crippen molar-refractivity contribution in [1.82, 2.24) is 15.1 Å². The van der Waals surface area contributed by atoms with Gasteiger partial charge in [-0.3, -0.25) is 0 Å². The third kappa shape index (κ3) is 3.52. The maximum absolute atomic E-state index is 12.8. The number of hydrogen-bond donors (Lipinski definition) is 0. The number of anilines is 1. The van der Waals surface area contributed by atoms with Gasteiger partial charge in [-0.2, -0.15) is 18.2 Å². The van der Waals surface area contributed by atoms with Crippen LogP contribution in [0.3, 0.4) is 0 Å². The second-order valence-corrected chi connectivity index (χ2v) is 6.29. The number of halogens is 3. The van der Waals surface area contributed by atoms with Crippen LogP contribution in [0.5, 0.6) is 0 Å². The molecule has 3 heterocycles. The zero-order valence-corrected chi connectivity index (χ0v) is 13.5. The van der Waals surface area contributed by atoms with Crippen LogP contribution in [0.2, 0.25) is 0 Å². The summed E-state index contributed by atoms with van der Waals surface area (Å²) in [6.45, 7) is 5.20. The molecular weight excluding hydrogens is 321 g/mol. The Morgan fingerprint density at radius 2 is 1.88 bits per heavy atom. The smallest absolute Gasteiger partial charge is 0.357 e. The summed E-state index contributed by atoms with van der Waals surface area (Å²) in [5.41, 5.74) is -0.859. The summed E-state index contributed by atoms with van der Waals surface area (Å²) in [5, 5.41) is 4.04. The Hall–Kier alpha value is -2.12. The number of hydrogen-bond acceptors (Lipinski definition) is 5. The predicted molar refractivity (Wildman–Crippen MR) is 81.8 cm³/mol. The van der Waals surface area contributed by atoms with Gasteiger partial charge in [-0.15, -0.1) is 0 Å². The molecule has 0 N–H and O–H groups in total. The first kappa shape index (κ1) is 16.7. The van der Waals surface area contributed by atoms with Gasteiger partial charge in [-0.05, 0) is 25.0 Å².